The maximum atomic E-state index is 12.4. The molecular formula is C19H28N4OS. The van der Waals surface area contributed by atoms with Gasteiger partial charge < -0.3 is 9.88 Å². The van der Waals surface area contributed by atoms with Crippen LogP contribution in [0.2, 0.25) is 0 Å². The molecule has 2 bridgehead atoms. The van der Waals surface area contributed by atoms with E-state index < -0.39 is 0 Å². The van der Waals surface area contributed by atoms with Crippen molar-refractivity contribution in [3.63, 3.8) is 0 Å². The Morgan fingerprint density at radius 2 is 2.20 bits per heavy atom. The minimum atomic E-state index is 0.112. The van der Waals surface area contributed by atoms with Gasteiger partial charge in [0.15, 0.2) is 5.16 Å². The van der Waals surface area contributed by atoms with Crippen molar-refractivity contribution in [3.8, 4) is 0 Å². The number of hydrogen-bond acceptors (Lipinski definition) is 4. The van der Waals surface area contributed by atoms with Crippen LogP contribution in [0.25, 0.3) is 0 Å². The molecule has 25 heavy (non-hydrogen) atoms. The second-order valence-corrected chi connectivity index (χ2v) is 8.94. The number of rotatable bonds is 8. The number of aromatic nitrogens is 3. The Bertz CT molecular complexity index is 654. The van der Waals surface area contributed by atoms with Gasteiger partial charge in [-0.15, -0.1) is 16.8 Å². The molecule has 1 aromatic rings. The minimum Gasteiger partial charge on any atom is -0.353 e. The molecule has 1 aromatic heterocycles. The number of thioether (sulfide) groups is 1. The molecule has 3 saturated carbocycles. The Morgan fingerprint density at radius 1 is 1.36 bits per heavy atom. The highest BCUT2D eigenvalue weighted by molar-refractivity contribution is 7.99. The molecule has 3 fully saturated rings. The van der Waals surface area contributed by atoms with Crippen LogP contribution in [0.3, 0.4) is 0 Å². The molecule has 0 saturated heterocycles. The quantitative estimate of drug-likeness (QED) is 0.570. The number of hydrogen-bond donors (Lipinski definition) is 1. The smallest absolute Gasteiger partial charge is 0.230 e. The van der Waals surface area contributed by atoms with Gasteiger partial charge in [0.05, 0.1) is 5.75 Å². The summed E-state index contributed by atoms with van der Waals surface area (Å²) in [6.45, 7) is 6.72. The largest absolute Gasteiger partial charge is 0.353 e. The van der Waals surface area contributed by atoms with Crippen molar-refractivity contribution < 1.29 is 4.79 Å². The monoisotopic (exact) mass is 360 g/mol. The van der Waals surface area contributed by atoms with Gasteiger partial charge in [-0.3, -0.25) is 4.79 Å². The van der Waals surface area contributed by atoms with E-state index in [2.05, 4.69) is 33.6 Å². The van der Waals surface area contributed by atoms with Crippen LogP contribution in [-0.4, -0.2) is 32.5 Å². The van der Waals surface area contributed by atoms with Crippen molar-refractivity contribution in [1.29, 1.82) is 0 Å². The highest BCUT2D eigenvalue weighted by Gasteiger charge is 2.42. The van der Waals surface area contributed by atoms with E-state index in [0.29, 0.717) is 24.1 Å². The second-order valence-electron chi connectivity index (χ2n) is 8.00. The van der Waals surface area contributed by atoms with Gasteiger partial charge in [-0.2, -0.15) is 0 Å². The Morgan fingerprint density at radius 3 is 2.84 bits per heavy atom. The van der Waals surface area contributed by atoms with Gasteiger partial charge >= 0.3 is 0 Å². The van der Waals surface area contributed by atoms with Crippen LogP contribution >= 0.6 is 11.8 Å². The van der Waals surface area contributed by atoms with Crippen molar-refractivity contribution in [2.24, 2.45) is 17.8 Å². The summed E-state index contributed by atoms with van der Waals surface area (Å²) in [5.74, 6) is 4.56. The molecule has 0 aliphatic heterocycles. The van der Waals surface area contributed by atoms with Crippen molar-refractivity contribution >= 4 is 17.7 Å². The fraction of sp³-hybridized carbons (Fsp3) is 0.737. The van der Waals surface area contributed by atoms with Crippen LogP contribution in [0, 0.1) is 17.8 Å². The number of nitrogens with one attached hydrogen (secondary N) is 1. The van der Waals surface area contributed by atoms with Gasteiger partial charge in [-0.1, -0.05) is 24.3 Å². The van der Waals surface area contributed by atoms with Crippen LogP contribution in [0.15, 0.2) is 17.8 Å². The van der Waals surface area contributed by atoms with Gasteiger partial charge in [-0.25, -0.2) is 0 Å². The zero-order valence-corrected chi connectivity index (χ0v) is 15.8. The number of carbonyl (C=O) groups is 1. The van der Waals surface area contributed by atoms with Crippen LogP contribution in [0.5, 0.6) is 0 Å². The van der Waals surface area contributed by atoms with E-state index in [-0.39, 0.29) is 11.9 Å². The number of amides is 1. The first-order chi connectivity index (χ1) is 12.2. The van der Waals surface area contributed by atoms with E-state index in [1.807, 2.05) is 6.08 Å². The fourth-order valence-corrected chi connectivity index (χ4v) is 5.56. The summed E-state index contributed by atoms with van der Waals surface area (Å²) in [7, 11) is 0. The predicted molar refractivity (Wildman–Crippen MR) is 99.5 cm³/mol. The summed E-state index contributed by atoms with van der Waals surface area (Å²) in [4.78, 5) is 12.4. The van der Waals surface area contributed by atoms with Crippen molar-refractivity contribution in [2.75, 3.05) is 5.75 Å². The average Bonchev–Trinajstić information content (AvgIpc) is 3.04. The SMILES string of the molecule is C=CCn1c(SCC(=O)N[C@@H](C)[C@H]2C[C@@H]3CC[C@@H]2C3)nnc1C1CC1. The van der Waals surface area contributed by atoms with Crippen molar-refractivity contribution in [3.05, 3.63) is 18.5 Å². The summed E-state index contributed by atoms with van der Waals surface area (Å²) in [6, 6.07) is 0.288. The zero-order chi connectivity index (χ0) is 17.4. The first kappa shape index (κ1) is 17.1. The third-order valence-corrected chi connectivity index (χ3v) is 7.12. The molecule has 0 aromatic carbocycles. The molecule has 136 valence electrons. The van der Waals surface area contributed by atoms with E-state index in [1.165, 1.54) is 50.3 Å². The Hall–Kier alpha value is -1.30. The van der Waals surface area contributed by atoms with E-state index in [4.69, 9.17) is 0 Å². The average molecular weight is 361 g/mol. The molecule has 5 nitrogen and oxygen atoms in total. The molecule has 4 rings (SSSR count). The highest BCUT2D eigenvalue weighted by Crippen LogP contribution is 2.49. The molecule has 1 N–H and O–H groups in total. The third kappa shape index (κ3) is 3.64. The van der Waals surface area contributed by atoms with E-state index in [0.717, 1.165) is 22.8 Å². The lowest BCUT2D eigenvalue weighted by Crippen LogP contribution is -2.40. The zero-order valence-electron chi connectivity index (χ0n) is 15.0. The number of carbonyl (C=O) groups excluding carboxylic acids is 1. The van der Waals surface area contributed by atoms with Crippen molar-refractivity contribution in [2.45, 2.75) is 69.1 Å². The molecular weight excluding hydrogens is 332 g/mol. The van der Waals surface area contributed by atoms with Crippen molar-refractivity contribution in [1.82, 2.24) is 20.1 Å². The number of nitrogens with zero attached hydrogens (tertiary/aromatic N) is 3. The first-order valence-electron chi connectivity index (χ1n) is 9.61. The van der Waals surface area contributed by atoms with Crippen LogP contribution in [0.4, 0.5) is 0 Å². The third-order valence-electron chi connectivity index (χ3n) is 6.16. The highest BCUT2D eigenvalue weighted by atomic mass is 32.2. The predicted octanol–water partition coefficient (Wildman–Crippen LogP) is 3.37. The first-order valence-corrected chi connectivity index (χ1v) is 10.6. The summed E-state index contributed by atoms with van der Waals surface area (Å²) in [5, 5.41) is 12.7. The van der Waals surface area contributed by atoms with Gasteiger partial charge in [0.2, 0.25) is 5.91 Å². The Balaban J connectivity index is 1.30. The summed E-state index contributed by atoms with van der Waals surface area (Å²) in [5.41, 5.74) is 0. The van der Waals surface area contributed by atoms with Gasteiger partial charge in [0.25, 0.3) is 0 Å². The Labute approximate surface area is 154 Å². The lowest BCUT2D eigenvalue weighted by molar-refractivity contribution is -0.119. The lowest BCUT2D eigenvalue weighted by Gasteiger charge is -2.28. The number of allylic oxidation sites excluding steroid dienone is 1. The molecule has 1 heterocycles. The van der Waals surface area contributed by atoms with Gasteiger partial charge in [-0.05, 0) is 56.8 Å². The summed E-state index contributed by atoms with van der Waals surface area (Å²) < 4.78 is 2.11. The van der Waals surface area contributed by atoms with Gasteiger partial charge in [0.1, 0.15) is 5.82 Å². The van der Waals surface area contributed by atoms with Gasteiger partial charge in [0, 0.05) is 18.5 Å². The minimum absolute atomic E-state index is 0.112. The normalized spacial score (nSPS) is 28.9. The maximum Gasteiger partial charge on any atom is 0.230 e. The summed E-state index contributed by atoms with van der Waals surface area (Å²) in [6.07, 6.45) is 9.71. The van der Waals surface area contributed by atoms with E-state index in [9.17, 15) is 4.79 Å². The van der Waals surface area contributed by atoms with Crippen LogP contribution in [-0.2, 0) is 11.3 Å². The molecule has 3 aliphatic rings. The van der Waals surface area contributed by atoms with Crippen LogP contribution < -0.4 is 5.32 Å². The molecule has 1 amide bonds. The van der Waals surface area contributed by atoms with E-state index >= 15 is 0 Å². The standard InChI is InChI=1S/C19H28N4OS/c1-3-8-23-18(14-6-7-14)21-22-19(23)25-11-17(24)20-12(2)16-10-13-4-5-15(16)9-13/h3,12-16H,1,4-11H2,2H3,(H,20,24)/t12-,13+,15+,16+/m0/s1. The molecule has 3 aliphatic carbocycles. The topological polar surface area (TPSA) is 59.8 Å². The lowest BCUT2D eigenvalue weighted by atomic mass is 9.84. The molecule has 6 heteroatoms. The van der Waals surface area contributed by atoms with Crippen LogP contribution in [0.1, 0.15) is 57.2 Å². The second kappa shape index (κ2) is 7.14. The maximum absolute atomic E-state index is 12.4. The Kier molecular flexibility index (Phi) is 4.89. The molecule has 0 unspecified atom stereocenters. The molecule has 0 radical (unpaired) electrons. The molecule has 4 atom stereocenters. The summed E-state index contributed by atoms with van der Waals surface area (Å²) >= 11 is 1.49. The number of fused-ring (bicyclic) bond motifs is 2. The molecule has 0 spiro atoms. The fourth-order valence-electron chi connectivity index (χ4n) is 4.79. The van der Waals surface area contributed by atoms with E-state index in [1.54, 1.807) is 0 Å².